The van der Waals surface area contributed by atoms with Crippen LogP contribution in [0.1, 0.15) is 0 Å². The minimum Gasteiger partial charge on any atom is -0.354 e. The van der Waals surface area contributed by atoms with Crippen LogP contribution in [-0.2, 0) is 14.8 Å². The van der Waals surface area contributed by atoms with Gasteiger partial charge in [-0.25, -0.2) is 8.42 Å². The number of nitrogens with zero attached hydrogens (tertiary/aromatic N) is 1. The smallest absolute Gasteiger partial charge is 0.243 e. The van der Waals surface area contributed by atoms with E-state index in [1.165, 1.54) is 7.05 Å². The highest BCUT2D eigenvalue weighted by Gasteiger charge is 2.22. The Balaban J connectivity index is 1.81. The van der Waals surface area contributed by atoms with Crippen LogP contribution in [0.5, 0.6) is 0 Å². The van der Waals surface area contributed by atoms with Crippen LogP contribution < -0.4 is 5.32 Å². The lowest BCUT2D eigenvalue weighted by atomic mass is 10.4. The number of sulfonamides is 1. The Hall–Kier alpha value is -1.48. The molecule has 0 aromatic heterocycles. The van der Waals surface area contributed by atoms with Gasteiger partial charge in [0.2, 0.25) is 15.9 Å². The van der Waals surface area contributed by atoms with Gasteiger partial charge < -0.3 is 5.32 Å². The highest BCUT2D eigenvalue weighted by atomic mass is 32.2. The number of likely N-dealkylation sites (N-methyl/N-ethyl adjacent to an activating group) is 1. The Morgan fingerprint density at radius 1 is 1.04 bits per heavy atom. The number of hydrogen-bond donors (Lipinski definition) is 1. The Morgan fingerprint density at radius 2 is 1.69 bits per heavy atom. The summed E-state index contributed by atoms with van der Waals surface area (Å²) in [4.78, 5) is 14.3. The summed E-state index contributed by atoms with van der Waals surface area (Å²) in [5.74, 6) is 0.410. The number of amides is 1. The molecule has 0 aliphatic rings. The summed E-state index contributed by atoms with van der Waals surface area (Å²) in [5, 5.41) is 2.76. The monoisotopic (exact) mass is 410 g/mol. The normalized spacial score (nSPS) is 11.5. The van der Waals surface area contributed by atoms with E-state index in [1.54, 1.807) is 47.8 Å². The second-order valence-corrected chi connectivity index (χ2v) is 9.54. The van der Waals surface area contributed by atoms with Crippen molar-refractivity contribution in [2.75, 3.05) is 32.1 Å². The third kappa shape index (κ3) is 6.05. The standard InChI is InChI=1S/C18H22N2O3S3/c1-20(26(22,23)17-10-8-15(24-2)9-11-17)14-18(21)19-12-13-25-16-6-4-3-5-7-16/h3-11H,12-14H2,1-2H3,(H,19,21). The second kappa shape index (κ2) is 10.0. The molecule has 2 aromatic rings. The molecule has 2 aromatic carbocycles. The Labute approximate surface area is 163 Å². The number of nitrogens with one attached hydrogen (secondary N) is 1. The van der Waals surface area contributed by atoms with Crippen LogP contribution in [0.4, 0.5) is 0 Å². The maximum Gasteiger partial charge on any atom is 0.243 e. The summed E-state index contributed by atoms with van der Waals surface area (Å²) < 4.78 is 26.1. The van der Waals surface area contributed by atoms with Gasteiger partial charge in [-0.2, -0.15) is 4.31 Å². The minimum atomic E-state index is -3.67. The Bertz CT molecular complexity index is 809. The van der Waals surface area contributed by atoms with Crippen LogP contribution in [0.25, 0.3) is 0 Å². The molecule has 0 atom stereocenters. The highest BCUT2D eigenvalue weighted by Crippen LogP contribution is 2.20. The maximum absolute atomic E-state index is 12.5. The molecule has 0 aliphatic carbocycles. The van der Waals surface area contributed by atoms with Crippen molar-refractivity contribution >= 4 is 39.5 Å². The molecule has 0 saturated carbocycles. The molecule has 0 aliphatic heterocycles. The van der Waals surface area contributed by atoms with Gasteiger partial charge in [0.05, 0.1) is 11.4 Å². The molecule has 0 saturated heterocycles. The van der Waals surface area contributed by atoms with E-state index < -0.39 is 10.0 Å². The topological polar surface area (TPSA) is 66.5 Å². The lowest BCUT2D eigenvalue weighted by Gasteiger charge is -2.17. The van der Waals surface area contributed by atoms with Crippen molar-refractivity contribution in [3.8, 4) is 0 Å². The fraction of sp³-hybridized carbons (Fsp3) is 0.278. The zero-order chi connectivity index (χ0) is 19.0. The first-order valence-corrected chi connectivity index (χ1v) is 11.6. The number of carbonyl (C=O) groups excluding carboxylic acids is 1. The average molecular weight is 411 g/mol. The lowest BCUT2D eigenvalue weighted by molar-refractivity contribution is -0.121. The molecule has 0 fully saturated rings. The van der Waals surface area contributed by atoms with Crippen LogP contribution in [0, 0.1) is 0 Å². The Morgan fingerprint density at radius 3 is 2.31 bits per heavy atom. The van der Waals surface area contributed by atoms with Crippen molar-refractivity contribution in [3.05, 3.63) is 54.6 Å². The molecule has 1 amide bonds. The van der Waals surface area contributed by atoms with Crippen LogP contribution in [-0.4, -0.2) is 50.8 Å². The summed E-state index contributed by atoms with van der Waals surface area (Å²) in [5.41, 5.74) is 0. The van der Waals surface area contributed by atoms with E-state index in [9.17, 15) is 13.2 Å². The van der Waals surface area contributed by atoms with Gasteiger partial charge in [0.1, 0.15) is 0 Å². The van der Waals surface area contributed by atoms with Crippen molar-refractivity contribution in [1.82, 2.24) is 9.62 Å². The SMILES string of the molecule is CSc1ccc(S(=O)(=O)N(C)CC(=O)NCCSc2ccccc2)cc1. The highest BCUT2D eigenvalue weighted by molar-refractivity contribution is 7.99. The van der Waals surface area contributed by atoms with E-state index in [1.807, 2.05) is 36.6 Å². The second-order valence-electron chi connectivity index (χ2n) is 5.45. The quantitative estimate of drug-likeness (QED) is 0.509. The lowest BCUT2D eigenvalue weighted by Crippen LogP contribution is -2.39. The fourth-order valence-electron chi connectivity index (χ4n) is 2.15. The van der Waals surface area contributed by atoms with Crippen molar-refractivity contribution in [2.45, 2.75) is 14.7 Å². The summed E-state index contributed by atoms with van der Waals surface area (Å²) in [6.45, 7) is 0.275. The fourth-order valence-corrected chi connectivity index (χ4v) is 4.47. The molecular formula is C18H22N2O3S3. The predicted octanol–water partition coefficient (Wildman–Crippen LogP) is 2.94. The molecule has 0 radical (unpaired) electrons. The van der Waals surface area contributed by atoms with Gasteiger partial charge in [-0.15, -0.1) is 23.5 Å². The first-order chi connectivity index (χ1) is 12.4. The van der Waals surface area contributed by atoms with Crippen LogP contribution in [0.15, 0.2) is 69.3 Å². The van der Waals surface area contributed by atoms with Gasteiger partial charge in [-0.1, -0.05) is 18.2 Å². The van der Waals surface area contributed by atoms with Gasteiger partial charge in [0.25, 0.3) is 0 Å². The number of thioether (sulfide) groups is 2. The van der Waals surface area contributed by atoms with E-state index in [0.717, 1.165) is 19.8 Å². The van der Waals surface area contributed by atoms with Gasteiger partial charge >= 0.3 is 0 Å². The zero-order valence-corrected chi connectivity index (χ0v) is 17.2. The third-order valence-electron chi connectivity index (χ3n) is 3.57. The molecule has 0 spiro atoms. The van der Waals surface area contributed by atoms with Crippen LogP contribution in [0.2, 0.25) is 0 Å². The summed E-state index contributed by atoms with van der Waals surface area (Å²) in [6.07, 6.45) is 1.93. The predicted molar refractivity (Wildman–Crippen MR) is 108 cm³/mol. The summed E-state index contributed by atoms with van der Waals surface area (Å²) in [7, 11) is -2.26. The zero-order valence-electron chi connectivity index (χ0n) is 14.7. The van der Waals surface area contributed by atoms with E-state index in [2.05, 4.69) is 5.32 Å². The van der Waals surface area contributed by atoms with E-state index in [4.69, 9.17) is 0 Å². The van der Waals surface area contributed by atoms with Gasteiger partial charge in [-0.05, 0) is 42.7 Å². The Kier molecular flexibility index (Phi) is 8.02. The van der Waals surface area contributed by atoms with Gasteiger partial charge in [-0.3, -0.25) is 4.79 Å². The largest absolute Gasteiger partial charge is 0.354 e. The maximum atomic E-state index is 12.5. The molecule has 0 heterocycles. The van der Waals surface area contributed by atoms with Gasteiger partial charge in [0, 0.05) is 29.1 Å². The van der Waals surface area contributed by atoms with E-state index in [-0.39, 0.29) is 17.3 Å². The van der Waals surface area contributed by atoms with Crippen molar-refractivity contribution in [2.24, 2.45) is 0 Å². The molecule has 0 bridgehead atoms. The van der Waals surface area contributed by atoms with Crippen LogP contribution >= 0.6 is 23.5 Å². The molecule has 0 unspecified atom stereocenters. The number of rotatable bonds is 9. The van der Waals surface area contributed by atoms with Gasteiger partial charge in [0.15, 0.2) is 0 Å². The number of carbonyl (C=O) groups is 1. The molecule has 140 valence electrons. The first-order valence-electron chi connectivity index (χ1n) is 7.98. The molecule has 8 heteroatoms. The van der Waals surface area contributed by atoms with Crippen LogP contribution in [0.3, 0.4) is 0 Å². The van der Waals surface area contributed by atoms with Crippen molar-refractivity contribution < 1.29 is 13.2 Å². The summed E-state index contributed by atoms with van der Waals surface area (Å²) >= 11 is 3.18. The number of benzene rings is 2. The molecular weight excluding hydrogens is 388 g/mol. The van der Waals surface area contributed by atoms with Crippen molar-refractivity contribution in [3.63, 3.8) is 0 Å². The average Bonchev–Trinajstić information content (AvgIpc) is 2.66. The minimum absolute atomic E-state index is 0.185. The summed E-state index contributed by atoms with van der Waals surface area (Å²) in [6, 6.07) is 16.5. The third-order valence-corrected chi connectivity index (χ3v) is 7.14. The van der Waals surface area contributed by atoms with E-state index >= 15 is 0 Å². The first kappa shape index (κ1) is 20.8. The number of hydrogen-bond acceptors (Lipinski definition) is 5. The molecule has 1 N–H and O–H groups in total. The van der Waals surface area contributed by atoms with Crippen molar-refractivity contribution in [1.29, 1.82) is 0 Å². The molecule has 5 nitrogen and oxygen atoms in total. The molecule has 2 rings (SSSR count). The van der Waals surface area contributed by atoms with E-state index in [0.29, 0.717) is 6.54 Å². The molecule has 26 heavy (non-hydrogen) atoms.